The van der Waals surface area contributed by atoms with Gasteiger partial charge in [-0.25, -0.2) is 0 Å². The molecule has 1 aliphatic heterocycles. The van der Waals surface area contributed by atoms with Crippen LogP contribution in [0.3, 0.4) is 0 Å². The predicted octanol–water partition coefficient (Wildman–Crippen LogP) is -1.07. The van der Waals surface area contributed by atoms with Crippen molar-refractivity contribution in [1.29, 1.82) is 0 Å². The van der Waals surface area contributed by atoms with E-state index in [4.69, 9.17) is 5.73 Å². The van der Waals surface area contributed by atoms with Gasteiger partial charge in [0.1, 0.15) is 0 Å². The van der Waals surface area contributed by atoms with Gasteiger partial charge in [0.05, 0.1) is 12.6 Å². The molecule has 1 atom stereocenters. The molecule has 1 aliphatic rings. The second-order valence-corrected chi connectivity index (χ2v) is 4.74. The number of aromatic hydroxyl groups is 2. The molecule has 0 saturated carbocycles. The summed E-state index contributed by atoms with van der Waals surface area (Å²) in [7, 11) is 0. The van der Waals surface area contributed by atoms with E-state index in [-0.39, 0.29) is 36.3 Å². The first-order chi connectivity index (χ1) is 9.47. The number of amides is 2. The second-order valence-electron chi connectivity index (χ2n) is 4.74. The minimum atomic E-state index is -0.787. The topological polar surface area (TPSA) is 116 Å². The van der Waals surface area contributed by atoms with Crippen LogP contribution in [0.4, 0.5) is 0 Å². The average molecular weight is 279 g/mol. The number of rotatable bonds is 3. The van der Waals surface area contributed by atoms with Crippen LogP contribution in [0.5, 0.6) is 11.5 Å². The highest BCUT2D eigenvalue weighted by Gasteiger charge is 2.25. The highest BCUT2D eigenvalue weighted by atomic mass is 16.3. The molecule has 1 fully saturated rings. The van der Waals surface area contributed by atoms with Crippen molar-refractivity contribution in [2.75, 3.05) is 19.6 Å². The van der Waals surface area contributed by atoms with Gasteiger partial charge in [-0.3, -0.25) is 9.59 Å². The lowest BCUT2D eigenvalue weighted by atomic mass is 10.0. The van der Waals surface area contributed by atoms with Crippen LogP contribution in [0.15, 0.2) is 18.2 Å². The normalized spacial score (nSPS) is 16.6. The molecule has 0 unspecified atom stereocenters. The summed E-state index contributed by atoms with van der Waals surface area (Å²) in [4.78, 5) is 24.8. The lowest BCUT2D eigenvalue weighted by Crippen LogP contribution is -2.54. The maximum Gasteiger partial charge on any atom is 0.240 e. The molecule has 2 rings (SSSR count). The zero-order valence-corrected chi connectivity index (χ0v) is 10.9. The van der Waals surface area contributed by atoms with Crippen molar-refractivity contribution < 1.29 is 19.8 Å². The van der Waals surface area contributed by atoms with Gasteiger partial charge >= 0.3 is 0 Å². The Morgan fingerprint density at radius 3 is 2.80 bits per heavy atom. The molecule has 0 bridgehead atoms. The molecular formula is C13H17N3O4. The fourth-order valence-corrected chi connectivity index (χ4v) is 2.10. The number of phenols is 2. The number of benzene rings is 1. The number of nitrogens with two attached hydrogens (primary N) is 1. The number of nitrogens with one attached hydrogen (secondary N) is 1. The predicted molar refractivity (Wildman–Crippen MR) is 71.0 cm³/mol. The molecular weight excluding hydrogens is 262 g/mol. The van der Waals surface area contributed by atoms with Crippen LogP contribution in [0.2, 0.25) is 0 Å². The number of hydrogen-bond donors (Lipinski definition) is 4. The Morgan fingerprint density at radius 2 is 2.15 bits per heavy atom. The fourth-order valence-electron chi connectivity index (χ4n) is 2.10. The Kier molecular flexibility index (Phi) is 4.09. The van der Waals surface area contributed by atoms with E-state index in [1.165, 1.54) is 17.0 Å². The van der Waals surface area contributed by atoms with Crippen molar-refractivity contribution >= 4 is 11.8 Å². The monoisotopic (exact) mass is 279 g/mol. The van der Waals surface area contributed by atoms with Crippen LogP contribution >= 0.6 is 0 Å². The number of piperazine rings is 1. The lowest BCUT2D eigenvalue weighted by Gasteiger charge is -2.29. The summed E-state index contributed by atoms with van der Waals surface area (Å²) in [6.07, 6.45) is 0.227. The van der Waals surface area contributed by atoms with Gasteiger partial charge in [0.25, 0.3) is 0 Å². The second kappa shape index (κ2) is 5.79. The zero-order valence-electron chi connectivity index (χ0n) is 10.9. The van der Waals surface area contributed by atoms with E-state index in [0.717, 1.165) is 0 Å². The first-order valence-corrected chi connectivity index (χ1v) is 6.29. The summed E-state index contributed by atoms with van der Waals surface area (Å²) in [5.41, 5.74) is 6.49. The SMILES string of the molecule is N[C@@H](Cc1ccc(O)c(O)c1)C(=O)N1CCNC(=O)C1. The summed E-state index contributed by atoms with van der Waals surface area (Å²) in [6, 6.07) is 3.51. The average Bonchev–Trinajstić information content (AvgIpc) is 2.42. The van der Waals surface area contributed by atoms with Gasteiger partial charge in [0.15, 0.2) is 11.5 Å². The van der Waals surface area contributed by atoms with Gasteiger partial charge in [0.2, 0.25) is 11.8 Å². The van der Waals surface area contributed by atoms with Gasteiger partial charge in [-0.05, 0) is 24.1 Å². The summed E-state index contributed by atoms with van der Waals surface area (Å²) in [5, 5.41) is 21.2. The molecule has 20 heavy (non-hydrogen) atoms. The molecule has 7 heteroatoms. The summed E-state index contributed by atoms with van der Waals surface area (Å²) >= 11 is 0. The van der Waals surface area contributed by atoms with Gasteiger partial charge < -0.3 is 26.2 Å². The number of carbonyl (C=O) groups is 2. The molecule has 1 saturated heterocycles. The molecule has 7 nitrogen and oxygen atoms in total. The van der Waals surface area contributed by atoms with Gasteiger partial charge in [-0.1, -0.05) is 6.07 Å². The standard InChI is InChI=1S/C13H17N3O4/c14-9(5-8-1-2-10(17)11(18)6-8)13(20)16-4-3-15-12(19)7-16/h1-2,6,9,17-18H,3-5,7,14H2,(H,15,19)/t9-/m0/s1. The molecule has 5 N–H and O–H groups in total. The summed E-state index contributed by atoms with van der Waals surface area (Å²) in [6.45, 7) is 0.893. The third-order valence-electron chi connectivity index (χ3n) is 3.16. The van der Waals surface area contributed by atoms with E-state index >= 15 is 0 Å². The number of phenolic OH excluding ortho intramolecular Hbond substituents is 2. The summed E-state index contributed by atoms with van der Waals surface area (Å²) < 4.78 is 0. The quantitative estimate of drug-likeness (QED) is 0.526. The molecule has 2 amide bonds. The van der Waals surface area contributed by atoms with Gasteiger partial charge in [0, 0.05) is 13.1 Å². The minimum Gasteiger partial charge on any atom is -0.504 e. The maximum absolute atomic E-state index is 12.1. The number of nitrogens with zero attached hydrogens (tertiary/aromatic N) is 1. The van der Waals surface area contributed by atoms with Crippen molar-refractivity contribution in [2.24, 2.45) is 5.73 Å². The molecule has 1 aromatic rings. The maximum atomic E-state index is 12.1. The minimum absolute atomic E-state index is 0.0212. The number of hydrogen-bond acceptors (Lipinski definition) is 5. The third kappa shape index (κ3) is 3.18. The molecule has 0 radical (unpaired) electrons. The molecule has 0 aliphatic carbocycles. The van der Waals surface area contributed by atoms with Gasteiger partial charge in [-0.2, -0.15) is 0 Å². The van der Waals surface area contributed by atoms with Crippen molar-refractivity contribution in [3.05, 3.63) is 23.8 Å². The van der Waals surface area contributed by atoms with E-state index in [0.29, 0.717) is 18.7 Å². The molecule has 108 valence electrons. The van der Waals surface area contributed by atoms with Crippen molar-refractivity contribution in [3.63, 3.8) is 0 Å². The Morgan fingerprint density at radius 1 is 1.40 bits per heavy atom. The first kappa shape index (κ1) is 14.1. The molecule has 1 aromatic carbocycles. The van der Waals surface area contributed by atoms with E-state index in [1.54, 1.807) is 6.07 Å². The van der Waals surface area contributed by atoms with Crippen molar-refractivity contribution in [3.8, 4) is 11.5 Å². The van der Waals surface area contributed by atoms with Crippen LogP contribution < -0.4 is 11.1 Å². The Labute approximate surface area is 116 Å². The summed E-state index contributed by atoms with van der Waals surface area (Å²) in [5.74, 6) is -0.965. The largest absolute Gasteiger partial charge is 0.504 e. The Bertz CT molecular complexity index is 532. The first-order valence-electron chi connectivity index (χ1n) is 6.29. The van der Waals surface area contributed by atoms with Crippen LogP contribution in [0, 0.1) is 0 Å². The smallest absolute Gasteiger partial charge is 0.240 e. The molecule has 0 spiro atoms. The van der Waals surface area contributed by atoms with Gasteiger partial charge in [-0.15, -0.1) is 0 Å². The van der Waals surface area contributed by atoms with Crippen molar-refractivity contribution in [1.82, 2.24) is 10.2 Å². The van der Waals surface area contributed by atoms with E-state index in [1.807, 2.05) is 0 Å². The van der Waals surface area contributed by atoms with E-state index in [9.17, 15) is 19.8 Å². The number of carbonyl (C=O) groups excluding carboxylic acids is 2. The highest BCUT2D eigenvalue weighted by Crippen LogP contribution is 2.25. The highest BCUT2D eigenvalue weighted by molar-refractivity contribution is 5.88. The van der Waals surface area contributed by atoms with Crippen LogP contribution in [0.25, 0.3) is 0 Å². The van der Waals surface area contributed by atoms with E-state index in [2.05, 4.69) is 5.32 Å². The van der Waals surface area contributed by atoms with Crippen LogP contribution in [0.1, 0.15) is 5.56 Å². The van der Waals surface area contributed by atoms with Crippen molar-refractivity contribution in [2.45, 2.75) is 12.5 Å². The van der Waals surface area contributed by atoms with E-state index < -0.39 is 6.04 Å². The zero-order chi connectivity index (χ0) is 14.7. The van der Waals surface area contributed by atoms with Crippen LogP contribution in [-0.4, -0.2) is 52.6 Å². The Hall–Kier alpha value is -2.28. The fraction of sp³-hybridized carbons (Fsp3) is 0.385. The molecule has 0 aromatic heterocycles. The molecule has 1 heterocycles. The van der Waals surface area contributed by atoms with Crippen LogP contribution in [-0.2, 0) is 16.0 Å². The lowest BCUT2D eigenvalue weighted by molar-refractivity contribution is -0.139. The Balaban J connectivity index is 1.99. The third-order valence-corrected chi connectivity index (χ3v) is 3.16.